The summed E-state index contributed by atoms with van der Waals surface area (Å²) in [7, 11) is 0. The Morgan fingerprint density at radius 3 is 1.82 bits per heavy atom. The molecule has 2 heterocycles. The van der Waals surface area contributed by atoms with Crippen molar-refractivity contribution >= 4 is 64.4 Å². The molecule has 1 amide bonds. The van der Waals surface area contributed by atoms with Crippen LogP contribution in [-0.2, 0) is 30.5 Å². The lowest BCUT2D eigenvalue weighted by Gasteiger charge is -2.49. The van der Waals surface area contributed by atoms with Crippen LogP contribution in [0.5, 0.6) is 0 Å². The van der Waals surface area contributed by atoms with Gasteiger partial charge in [-0.3, -0.25) is 24.6 Å². The van der Waals surface area contributed by atoms with Crippen LogP contribution in [0.25, 0.3) is 0 Å². The molecule has 0 N–H and O–H groups in total. The first-order valence-corrected chi connectivity index (χ1v) is 17.6. The van der Waals surface area contributed by atoms with E-state index in [1.54, 1.807) is 12.1 Å². The minimum Gasteiger partial charge on any atom is -0.465 e. The van der Waals surface area contributed by atoms with Crippen molar-refractivity contribution in [2.75, 3.05) is 0 Å². The molecule has 248 valence electrons. The second-order valence-electron chi connectivity index (χ2n) is 11.2. The van der Waals surface area contributed by atoms with Crippen molar-refractivity contribution in [1.29, 1.82) is 0 Å². The Morgan fingerprint density at radius 1 is 0.857 bits per heavy atom. The summed E-state index contributed by atoms with van der Waals surface area (Å²) in [4.78, 5) is 53.6. The highest BCUT2D eigenvalue weighted by Gasteiger charge is 2.57. The van der Waals surface area contributed by atoms with Gasteiger partial charge in [-0.15, -0.1) is 0 Å². The molecule has 3 unspecified atom stereocenters. The van der Waals surface area contributed by atoms with Gasteiger partial charge < -0.3 is 13.9 Å². The second kappa shape index (κ2) is 14.4. The average Bonchev–Trinajstić information content (AvgIpc) is 3.67. The zero-order valence-corrected chi connectivity index (χ0v) is 28.0. The smallest absolute Gasteiger partial charge is 0.356 e. The fraction of sp³-hybridized carbons (Fsp3) is 0.135. The summed E-state index contributed by atoms with van der Waals surface area (Å²) in [6.07, 6.45) is 0.332. The summed E-state index contributed by atoms with van der Waals surface area (Å²) in [5.41, 5.74) is 0.503. The maximum Gasteiger partial charge on any atom is 0.356 e. The molecule has 0 aliphatic carbocycles. The number of β-lactam (4-membered cyclic amide) rings is 1. The molecular formula is C37H31N2O8PS. The van der Waals surface area contributed by atoms with Gasteiger partial charge in [0.05, 0.1) is 16.6 Å². The van der Waals surface area contributed by atoms with Gasteiger partial charge >= 0.3 is 11.9 Å². The summed E-state index contributed by atoms with van der Waals surface area (Å²) in [5, 5.41) is 12.6. The first kappa shape index (κ1) is 33.5. The zero-order valence-electron chi connectivity index (χ0n) is 26.2. The van der Waals surface area contributed by atoms with Crippen molar-refractivity contribution in [3.05, 3.63) is 155 Å². The number of hydrogen-bond donors (Lipinski definition) is 1. The molecule has 6 rings (SSSR count). The molecule has 1 saturated heterocycles. The van der Waals surface area contributed by atoms with Gasteiger partial charge in [-0.1, -0.05) is 91.0 Å². The van der Waals surface area contributed by atoms with Gasteiger partial charge in [-0.2, -0.15) is 12.6 Å². The molecule has 4 aromatic carbocycles. The number of nitrogens with zero attached hydrogens (tertiary/aromatic N) is 2. The third kappa shape index (κ3) is 6.42. The molecule has 3 atom stereocenters. The fourth-order valence-corrected chi connectivity index (χ4v) is 11.0. The highest BCUT2D eigenvalue weighted by Crippen LogP contribution is 2.51. The molecule has 10 nitrogen and oxygen atoms in total. The third-order valence-electron chi connectivity index (χ3n) is 8.23. The fourth-order valence-electron chi connectivity index (χ4n) is 6.05. The van der Waals surface area contributed by atoms with E-state index in [1.807, 2.05) is 91.0 Å². The van der Waals surface area contributed by atoms with Crippen LogP contribution in [-0.4, -0.2) is 38.5 Å². The van der Waals surface area contributed by atoms with Crippen LogP contribution in [0, 0.1) is 16.0 Å². The number of ether oxygens (including phenoxy) is 2. The first-order valence-electron chi connectivity index (χ1n) is 15.3. The minimum absolute atomic E-state index is 0.0836. The average molecular weight is 695 g/mol. The van der Waals surface area contributed by atoms with Gasteiger partial charge in [0.15, 0.2) is 6.10 Å². The van der Waals surface area contributed by atoms with Gasteiger partial charge in [-0.25, -0.2) is 4.79 Å². The number of amides is 1. The molecule has 1 aromatic heterocycles. The van der Waals surface area contributed by atoms with Gasteiger partial charge in [0, 0.05) is 25.9 Å². The van der Waals surface area contributed by atoms with Crippen molar-refractivity contribution in [3.8, 4) is 0 Å². The van der Waals surface area contributed by atoms with Crippen molar-refractivity contribution in [2.45, 2.75) is 25.0 Å². The van der Waals surface area contributed by atoms with Crippen LogP contribution in [0.1, 0.15) is 24.4 Å². The van der Waals surface area contributed by atoms with Crippen LogP contribution in [0.2, 0.25) is 0 Å². The van der Waals surface area contributed by atoms with E-state index in [2.05, 4.69) is 0 Å². The predicted octanol–water partition coefficient (Wildman–Crippen LogP) is 5.37. The Balaban J connectivity index is 1.58. The highest BCUT2D eigenvalue weighted by molar-refractivity contribution is 7.96. The number of furan rings is 1. The number of nitro groups is 1. The van der Waals surface area contributed by atoms with Crippen LogP contribution in [0.3, 0.4) is 0 Å². The van der Waals surface area contributed by atoms with Gasteiger partial charge in [-0.05, 0) is 45.7 Å². The van der Waals surface area contributed by atoms with E-state index >= 15 is 0 Å². The molecule has 0 spiro atoms. The molecule has 0 radical (unpaired) electrons. The number of esters is 2. The lowest BCUT2D eigenvalue weighted by molar-refractivity contribution is -0.384. The van der Waals surface area contributed by atoms with E-state index < -0.39 is 47.1 Å². The van der Waals surface area contributed by atoms with E-state index in [-0.39, 0.29) is 23.5 Å². The largest absolute Gasteiger partial charge is 0.465 e. The number of likely N-dealkylation sites (tertiary alicyclic amines) is 1. The van der Waals surface area contributed by atoms with Crippen molar-refractivity contribution in [3.63, 3.8) is 0 Å². The standard InChI is InChI=1S/C37H31N2O8PS/c1-25(40)47-33(31-18-11-23-45-31)32-34(41)38(36(32)49)35(37(42)46-24-26-19-21-27(22-20-26)39(43)44)48(28-12-5-2-6-13-28,29-14-7-3-8-15-29)30-16-9-4-10-17-30/h2-23,32-33,36,49H,24H2,1H3. The zero-order chi connectivity index (χ0) is 34.5. The molecule has 0 bridgehead atoms. The molecule has 5 aromatic rings. The lowest BCUT2D eigenvalue weighted by atomic mass is 9.90. The van der Waals surface area contributed by atoms with Crippen molar-refractivity contribution < 1.29 is 33.2 Å². The summed E-state index contributed by atoms with van der Waals surface area (Å²) in [5.74, 6) is -2.60. The number of benzene rings is 4. The molecule has 49 heavy (non-hydrogen) atoms. The lowest BCUT2D eigenvalue weighted by Crippen LogP contribution is -2.65. The van der Waals surface area contributed by atoms with Gasteiger partial charge in [0.1, 0.15) is 23.7 Å². The van der Waals surface area contributed by atoms with Crippen molar-refractivity contribution in [1.82, 2.24) is 4.90 Å². The molecule has 0 saturated carbocycles. The Kier molecular flexibility index (Phi) is 9.85. The summed E-state index contributed by atoms with van der Waals surface area (Å²) < 4.78 is 17.2. The normalized spacial score (nSPS) is 16.3. The highest BCUT2D eigenvalue weighted by atomic mass is 32.1. The van der Waals surface area contributed by atoms with E-state index in [9.17, 15) is 24.5 Å². The number of hydrogen-bond acceptors (Lipinski definition) is 9. The van der Waals surface area contributed by atoms with Crippen molar-refractivity contribution in [2.24, 2.45) is 5.92 Å². The maximum atomic E-state index is 14.8. The Bertz CT molecular complexity index is 1920. The van der Waals surface area contributed by atoms with Crippen LogP contribution >= 0.6 is 19.5 Å². The quantitative estimate of drug-likeness (QED) is 0.0488. The van der Waals surface area contributed by atoms with Crippen LogP contribution in [0.15, 0.2) is 138 Å². The number of thiol groups is 1. The molecule has 1 aliphatic rings. The summed E-state index contributed by atoms with van der Waals surface area (Å²) in [6.45, 7) is -2.20. The van der Waals surface area contributed by atoms with Crippen LogP contribution < -0.4 is 15.9 Å². The van der Waals surface area contributed by atoms with Gasteiger partial charge in [0.25, 0.3) is 5.69 Å². The minimum atomic E-state index is -3.22. The number of non-ortho nitro benzene ring substituents is 1. The number of carbonyl (C=O) groups is 3. The Hall–Kier alpha value is -5.38. The number of rotatable bonds is 11. The van der Waals surface area contributed by atoms with E-state index in [4.69, 9.17) is 26.5 Å². The van der Waals surface area contributed by atoms with E-state index in [1.165, 1.54) is 42.4 Å². The number of nitro benzene ring substituents is 1. The Morgan fingerprint density at radius 2 is 1.39 bits per heavy atom. The van der Waals surface area contributed by atoms with Crippen LogP contribution in [0.4, 0.5) is 5.69 Å². The van der Waals surface area contributed by atoms with E-state index in [0.29, 0.717) is 5.56 Å². The monoisotopic (exact) mass is 694 g/mol. The second-order valence-corrected chi connectivity index (χ2v) is 15.0. The Labute approximate surface area is 287 Å². The summed E-state index contributed by atoms with van der Waals surface area (Å²) >= 11 is 4.90. The molecule has 12 heteroatoms. The maximum absolute atomic E-state index is 14.8. The predicted molar refractivity (Wildman–Crippen MR) is 189 cm³/mol. The SMILES string of the molecule is CC(=O)OC(c1ccco1)C1C(=O)N(C(C(=O)OCc2ccc([N+](=O)[O-])cc2)=P(c2ccccc2)(c2ccccc2)c2ccccc2)C1S. The van der Waals surface area contributed by atoms with E-state index in [0.717, 1.165) is 15.9 Å². The molecular weight excluding hydrogens is 663 g/mol. The topological polar surface area (TPSA) is 129 Å². The number of carbonyl (C=O) groups excluding carboxylic acids is 3. The third-order valence-corrected chi connectivity index (χ3v) is 13.0. The molecule has 1 aliphatic heterocycles. The first-order chi connectivity index (χ1) is 23.7. The van der Waals surface area contributed by atoms with Gasteiger partial charge in [0.2, 0.25) is 5.91 Å². The summed E-state index contributed by atoms with van der Waals surface area (Å²) in [6, 6.07) is 37.4. The molecule has 1 fully saturated rings.